The summed E-state index contributed by atoms with van der Waals surface area (Å²) in [6.45, 7) is 0.288. The molecule has 1 saturated carbocycles. The van der Waals surface area contributed by atoms with Gasteiger partial charge in [-0.15, -0.1) is 0 Å². The van der Waals surface area contributed by atoms with Crippen LogP contribution in [-0.2, 0) is 9.53 Å². The number of carbonyl (C=O) groups excluding carboxylic acids is 1. The third-order valence-corrected chi connectivity index (χ3v) is 5.33. The minimum Gasteiger partial charge on any atom is -0.462 e. The van der Waals surface area contributed by atoms with E-state index in [-0.39, 0.29) is 37.1 Å². The molecule has 27 heavy (non-hydrogen) atoms. The number of hydrogen-bond acceptors (Lipinski definition) is 8. The molecule has 3 atom stereocenters. The highest BCUT2D eigenvalue weighted by molar-refractivity contribution is 5.88. The largest absolute Gasteiger partial charge is 0.462 e. The van der Waals surface area contributed by atoms with Gasteiger partial charge >= 0.3 is 5.97 Å². The summed E-state index contributed by atoms with van der Waals surface area (Å²) in [7, 11) is 1.87. The molecule has 1 aliphatic heterocycles. The van der Waals surface area contributed by atoms with Gasteiger partial charge in [0.25, 0.3) is 0 Å². The lowest BCUT2D eigenvalue weighted by Crippen LogP contribution is -2.43. The number of aliphatic hydroxyl groups is 1. The number of aliphatic hydroxyl groups excluding tert-OH is 1. The topological polar surface area (TPSA) is 119 Å². The Morgan fingerprint density at radius 3 is 3.04 bits per heavy atom. The molecular formula is C18H22N6O3. The third kappa shape index (κ3) is 3.14. The number of nitrogens with zero attached hydrogens (tertiary/aromatic N) is 5. The molecule has 1 aliphatic carbocycles. The van der Waals surface area contributed by atoms with Crippen molar-refractivity contribution in [1.82, 2.24) is 24.4 Å². The van der Waals surface area contributed by atoms with Crippen molar-refractivity contribution < 1.29 is 14.6 Å². The van der Waals surface area contributed by atoms with Crippen LogP contribution in [0.15, 0.2) is 36.7 Å². The van der Waals surface area contributed by atoms with Crippen LogP contribution in [0.25, 0.3) is 11.2 Å². The quantitative estimate of drug-likeness (QED) is 0.744. The predicted molar refractivity (Wildman–Crippen MR) is 98.0 cm³/mol. The van der Waals surface area contributed by atoms with Crippen LogP contribution in [0.3, 0.4) is 0 Å². The minimum atomic E-state index is -0.306. The Labute approximate surface area is 156 Å². The Morgan fingerprint density at radius 1 is 1.41 bits per heavy atom. The fourth-order valence-corrected chi connectivity index (χ4v) is 3.77. The van der Waals surface area contributed by atoms with Crippen molar-refractivity contribution in [3.8, 4) is 0 Å². The zero-order chi connectivity index (χ0) is 19.0. The van der Waals surface area contributed by atoms with Crippen molar-refractivity contribution in [2.24, 2.45) is 11.8 Å². The molecule has 4 rings (SSSR count). The van der Waals surface area contributed by atoms with Gasteiger partial charge in [0.15, 0.2) is 11.5 Å². The van der Waals surface area contributed by atoms with Crippen molar-refractivity contribution in [3.05, 3.63) is 36.7 Å². The lowest BCUT2D eigenvalue weighted by atomic mass is 9.70. The maximum Gasteiger partial charge on any atom is 0.335 e. The van der Waals surface area contributed by atoms with Crippen LogP contribution in [0.4, 0.5) is 5.82 Å². The standard InChI is InChI=1S/C18H22N6O3/c1-23-4-2-3-11(6-23)18(26)27-8-12-5-14(13(12)7-25)24-10-22-15-16(19)20-9-21-17(15)24/h2,4,6,9-10,12-14,25H,3,5,7-8H2,1H3,(H2,19,20,21). The van der Waals surface area contributed by atoms with Crippen LogP contribution in [0.5, 0.6) is 0 Å². The molecule has 0 aromatic carbocycles. The SMILES string of the molecule is CN1C=CCC(C(=O)OCC2CC(n3cnc4c(N)ncnc43)C2CO)=C1. The number of hydrogen-bond donors (Lipinski definition) is 2. The first-order chi connectivity index (χ1) is 13.1. The molecule has 0 spiro atoms. The Balaban J connectivity index is 1.41. The van der Waals surface area contributed by atoms with Crippen LogP contribution in [0.2, 0.25) is 0 Å². The molecular weight excluding hydrogens is 348 g/mol. The molecule has 3 heterocycles. The number of esters is 1. The first-order valence-corrected chi connectivity index (χ1v) is 8.88. The first-order valence-electron chi connectivity index (χ1n) is 8.88. The summed E-state index contributed by atoms with van der Waals surface area (Å²) in [6, 6.07) is 0.0426. The van der Waals surface area contributed by atoms with E-state index >= 15 is 0 Å². The van der Waals surface area contributed by atoms with E-state index in [0.717, 1.165) is 6.42 Å². The van der Waals surface area contributed by atoms with E-state index in [4.69, 9.17) is 10.5 Å². The highest BCUT2D eigenvalue weighted by Crippen LogP contribution is 2.45. The van der Waals surface area contributed by atoms with Gasteiger partial charge in [0.2, 0.25) is 0 Å². The number of allylic oxidation sites excluding steroid dienone is 1. The van der Waals surface area contributed by atoms with E-state index in [1.807, 2.05) is 28.8 Å². The van der Waals surface area contributed by atoms with Gasteiger partial charge in [0.05, 0.1) is 18.5 Å². The van der Waals surface area contributed by atoms with Crippen molar-refractivity contribution >= 4 is 23.0 Å². The van der Waals surface area contributed by atoms with Gasteiger partial charge in [-0.05, 0) is 12.6 Å². The maximum absolute atomic E-state index is 12.2. The average molecular weight is 370 g/mol. The zero-order valence-corrected chi connectivity index (χ0v) is 15.0. The highest BCUT2D eigenvalue weighted by atomic mass is 16.5. The van der Waals surface area contributed by atoms with Crippen LogP contribution < -0.4 is 5.73 Å². The number of fused-ring (bicyclic) bond motifs is 1. The number of nitrogen functional groups attached to an aromatic ring is 1. The highest BCUT2D eigenvalue weighted by Gasteiger charge is 2.43. The van der Waals surface area contributed by atoms with Gasteiger partial charge < -0.3 is 25.0 Å². The van der Waals surface area contributed by atoms with E-state index in [0.29, 0.717) is 29.0 Å². The summed E-state index contributed by atoms with van der Waals surface area (Å²) in [4.78, 5) is 26.6. The second-order valence-electron chi connectivity index (χ2n) is 7.00. The summed E-state index contributed by atoms with van der Waals surface area (Å²) in [5, 5.41) is 9.84. The molecule has 9 nitrogen and oxygen atoms in total. The Kier molecular flexibility index (Phi) is 4.53. The molecule has 0 saturated heterocycles. The summed E-state index contributed by atoms with van der Waals surface area (Å²) in [5.74, 6) is 0.0937. The molecule has 0 amide bonds. The molecule has 0 bridgehead atoms. The molecule has 2 aliphatic rings. The molecule has 2 aromatic rings. The first kappa shape index (κ1) is 17.5. The molecule has 1 fully saturated rings. The predicted octanol–water partition coefficient (Wildman–Crippen LogP) is 0.854. The number of nitrogens with two attached hydrogens (primary N) is 1. The number of imidazole rings is 1. The van der Waals surface area contributed by atoms with Gasteiger partial charge in [-0.2, -0.15) is 0 Å². The van der Waals surface area contributed by atoms with Crippen LogP contribution in [0.1, 0.15) is 18.9 Å². The second-order valence-corrected chi connectivity index (χ2v) is 7.00. The van der Waals surface area contributed by atoms with Gasteiger partial charge in [0, 0.05) is 44.2 Å². The Bertz CT molecular complexity index is 921. The molecule has 142 valence electrons. The van der Waals surface area contributed by atoms with Gasteiger partial charge in [0.1, 0.15) is 11.8 Å². The van der Waals surface area contributed by atoms with Crippen LogP contribution in [-0.4, -0.2) is 55.8 Å². The summed E-state index contributed by atoms with van der Waals surface area (Å²) < 4.78 is 7.42. The van der Waals surface area contributed by atoms with Crippen LogP contribution in [0, 0.1) is 11.8 Å². The number of rotatable bonds is 5. The van der Waals surface area contributed by atoms with E-state index in [2.05, 4.69) is 15.0 Å². The lowest BCUT2D eigenvalue weighted by Gasteiger charge is -2.44. The van der Waals surface area contributed by atoms with Gasteiger partial charge in [-0.25, -0.2) is 19.7 Å². The minimum absolute atomic E-state index is 0.00128. The summed E-state index contributed by atoms with van der Waals surface area (Å²) in [6.07, 6.45) is 10.0. The van der Waals surface area contributed by atoms with Gasteiger partial charge in [-0.3, -0.25) is 0 Å². The number of anilines is 1. The van der Waals surface area contributed by atoms with Crippen molar-refractivity contribution in [2.75, 3.05) is 26.0 Å². The van der Waals surface area contributed by atoms with E-state index < -0.39 is 0 Å². The monoisotopic (exact) mass is 370 g/mol. The van der Waals surface area contributed by atoms with Crippen LogP contribution >= 0.6 is 0 Å². The molecule has 2 aromatic heterocycles. The fourth-order valence-electron chi connectivity index (χ4n) is 3.77. The fraction of sp³-hybridized carbons (Fsp3) is 0.444. The molecule has 9 heteroatoms. The zero-order valence-electron chi connectivity index (χ0n) is 15.0. The number of aromatic nitrogens is 4. The van der Waals surface area contributed by atoms with E-state index in [9.17, 15) is 9.90 Å². The molecule has 3 unspecified atom stereocenters. The molecule has 3 N–H and O–H groups in total. The summed E-state index contributed by atoms with van der Waals surface area (Å²) >= 11 is 0. The Hall–Kier alpha value is -2.94. The summed E-state index contributed by atoms with van der Waals surface area (Å²) in [5.41, 5.74) is 7.68. The van der Waals surface area contributed by atoms with Crippen molar-refractivity contribution in [2.45, 2.75) is 18.9 Å². The third-order valence-electron chi connectivity index (χ3n) is 5.33. The smallest absolute Gasteiger partial charge is 0.335 e. The van der Waals surface area contributed by atoms with Crippen molar-refractivity contribution in [3.63, 3.8) is 0 Å². The Morgan fingerprint density at radius 2 is 2.26 bits per heavy atom. The maximum atomic E-state index is 12.2. The molecule has 0 radical (unpaired) electrons. The number of ether oxygens (including phenoxy) is 1. The average Bonchev–Trinajstić information content (AvgIpc) is 3.06. The van der Waals surface area contributed by atoms with Crippen molar-refractivity contribution in [1.29, 1.82) is 0 Å². The second kappa shape index (κ2) is 6.99. The normalized spacial score (nSPS) is 24.6. The lowest BCUT2D eigenvalue weighted by molar-refractivity contribution is -0.144. The number of carbonyl (C=O) groups is 1. The van der Waals surface area contributed by atoms with E-state index in [1.165, 1.54) is 6.33 Å². The van der Waals surface area contributed by atoms with Gasteiger partial charge in [-0.1, -0.05) is 6.08 Å². The van der Waals surface area contributed by atoms with E-state index in [1.54, 1.807) is 12.5 Å².